The lowest BCUT2D eigenvalue weighted by Gasteiger charge is -2.30. The quantitative estimate of drug-likeness (QED) is 0.625. The van der Waals surface area contributed by atoms with E-state index in [4.69, 9.17) is 10.5 Å². The highest BCUT2D eigenvalue weighted by Gasteiger charge is 2.32. The first-order valence-corrected chi connectivity index (χ1v) is 8.78. The number of nitrogens with two attached hydrogens (primary N) is 1. The Hall–Kier alpha value is -3.35. The summed E-state index contributed by atoms with van der Waals surface area (Å²) in [6, 6.07) is 8.57. The second kappa shape index (κ2) is 7.90. The highest BCUT2D eigenvalue weighted by molar-refractivity contribution is 6.12. The molecule has 1 aromatic carbocycles. The van der Waals surface area contributed by atoms with Crippen LogP contribution in [0.5, 0.6) is 5.75 Å². The van der Waals surface area contributed by atoms with Crippen LogP contribution in [0.4, 0.5) is 11.4 Å². The second-order valence-corrected chi connectivity index (χ2v) is 6.39. The van der Waals surface area contributed by atoms with Gasteiger partial charge in [-0.25, -0.2) is 0 Å². The van der Waals surface area contributed by atoms with Crippen molar-refractivity contribution < 1.29 is 14.3 Å². The van der Waals surface area contributed by atoms with Crippen LogP contribution < -0.4 is 20.7 Å². The van der Waals surface area contributed by atoms with Gasteiger partial charge in [0.25, 0.3) is 5.91 Å². The molecule has 1 aliphatic heterocycles. The summed E-state index contributed by atoms with van der Waals surface area (Å²) in [7, 11) is 0. The number of hydrogen-bond donors (Lipinski definition) is 2. The summed E-state index contributed by atoms with van der Waals surface area (Å²) in [6.45, 7) is 3.78. The van der Waals surface area contributed by atoms with Gasteiger partial charge in [0.1, 0.15) is 6.54 Å². The average Bonchev–Trinajstić information content (AvgIpc) is 2.66. The molecule has 2 heterocycles. The molecule has 3 N–H and O–H groups in total. The summed E-state index contributed by atoms with van der Waals surface area (Å²) in [5.41, 5.74) is 7.60. The van der Waals surface area contributed by atoms with E-state index in [9.17, 15) is 9.59 Å². The minimum Gasteiger partial charge on any atom is -0.449 e. The van der Waals surface area contributed by atoms with Gasteiger partial charge in [0.15, 0.2) is 11.5 Å². The van der Waals surface area contributed by atoms with Crippen molar-refractivity contribution in [3.63, 3.8) is 0 Å². The number of carbonyl (C=O) groups excluding carboxylic acids is 2. The summed E-state index contributed by atoms with van der Waals surface area (Å²) in [5, 5.41) is 2.87. The third-order valence-electron chi connectivity index (χ3n) is 4.27. The van der Waals surface area contributed by atoms with Crippen LogP contribution in [0, 0.1) is 0 Å². The first-order chi connectivity index (χ1) is 13.0. The van der Waals surface area contributed by atoms with Crippen LogP contribution in [0.25, 0.3) is 6.08 Å². The van der Waals surface area contributed by atoms with Crippen molar-refractivity contribution >= 4 is 29.3 Å². The van der Waals surface area contributed by atoms with Crippen molar-refractivity contribution in [1.29, 1.82) is 0 Å². The van der Waals surface area contributed by atoms with Crippen molar-refractivity contribution in [2.45, 2.75) is 26.3 Å². The van der Waals surface area contributed by atoms with E-state index in [-0.39, 0.29) is 24.3 Å². The molecule has 2 aromatic rings. The van der Waals surface area contributed by atoms with Gasteiger partial charge in [0.2, 0.25) is 5.91 Å². The van der Waals surface area contributed by atoms with E-state index in [1.165, 1.54) is 4.90 Å². The number of rotatable bonds is 5. The number of nitrogens with zero attached hydrogens (tertiary/aromatic N) is 2. The molecule has 0 radical (unpaired) electrons. The Morgan fingerprint density at radius 2 is 2.07 bits per heavy atom. The number of amides is 2. The zero-order valence-electron chi connectivity index (χ0n) is 15.3. The van der Waals surface area contributed by atoms with Crippen LogP contribution in [0.1, 0.15) is 25.8 Å². The number of anilines is 2. The van der Waals surface area contributed by atoms with Gasteiger partial charge in [-0.15, -0.1) is 0 Å². The molecule has 0 fully saturated rings. The zero-order valence-corrected chi connectivity index (χ0v) is 15.3. The number of hydrogen-bond acceptors (Lipinski definition) is 5. The third kappa shape index (κ3) is 4.25. The van der Waals surface area contributed by atoms with Gasteiger partial charge in [-0.05, 0) is 55.3 Å². The van der Waals surface area contributed by atoms with Crippen LogP contribution in [0.2, 0.25) is 0 Å². The molecule has 1 atom stereocenters. The molecule has 0 aliphatic carbocycles. The summed E-state index contributed by atoms with van der Waals surface area (Å²) >= 11 is 0. The molecule has 3 rings (SSSR count). The first-order valence-electron chi connectivity index (χ1n) is 8.78. The maximum Gasteiger partial charge on any atom is 0.294 e. The predicted octanol–water partition coefficient (Wildman–Crippen LogP) is 2.34. The molecule has 0 saturated carbocycles. The van der Waals surface area contributed by atoms with Crippen molar-refractivity contribution in [1.82, 2.24) is 10.3 Å². The smallest absolute Gasteiger partial charge is 0.294 e. The molecular weight excluding hydrogens is 344 g/mol. The molecular formula is C20H22N4O3. The SMILES string of the molecule is CCC(C)NC(=O)CN1C(=O)/C(=C\c2ccncc2)Oc2ccc(N)cc21. The number of pyridine rings is 1. The number of ether oxygens (including phenoxy) is 1. The number of fused-ring (bicyclic) bond motifs is 1. The van der Waals surface area contributed by atoms with Gasteiger partial charge in [-0.1, -0.05) is 6.92 Å². The van der Waals surface area contributed by atoms with Gasteiger partial charge in [0, 0.05) is 24.1 Å². The fraction of sp³-hybridized carbons (Fsp3) is 0.250. The number of carbonyl (C=O) groups is 2. The number of nitrogens with one attached hydrogen (secondary N) is 1. The summed E-state index contributed by atoms with van der Waals surface area (Å²) in [6.07, 6.45) is 5.69. The molecule has 7 heteroatoms. The molecule has 1 aliphatic rings. The van der Waals surface area contributed by atoms with Gasteiger partial charge >= 0.3 is 0 Å². The van der Waals surface area contributed by atoms with Gasteiger partial charge in [-0.2, -0.15) is 0 Å². The molecule has 0 saturated heterocycles. The van der Waals surface area contributed by atoms with Gasteiger partial charge < -0.3 is 15.8 Å². The predicted molar refractivity (Wildman–Crippen MR) is 104 cm³/mol. The van der Waals surface area contributed by atoms with Crippen LogP contribution in [-0.2, 0) is 9.59 Å². The Kier molecular flexibility index (Phi) is 5.40. The Bertz CT molecular complexity index is 880. The first kappa shape index (κ1) is 18.4. The van der Waals surface area contributed by atoms with E-state index >= 15 is 0 Å². The fourth-order valence-corrected chi connectivity index (χ4v) is 2.66. The highest BCUT2D eigenvalue weighted by Crippen LogP contribution is 2.37. The van der Waals surface area contributed by atoms with Crippen LogP contribution in [0.3, 0.4) is 0 Å². The lowest BCUT2D eigenvalue weighted by atomic mass is 10.1. The Balaban J connectivity index is 1.94. The zero-order chi connectivity index (χ0) is 19.4. The second-order valence-electron chi connectivity index (χ2n) is 6.39. The van der Waals surface area contributed by atoms with Crippen molar-refractivity contribution in [3.05, 3.63) is 54.0 Å². The normalized spacial score (nSPS) is 15.9. The van der Waals surface area contributed by atoms with Crippen LogP contribution in [0.15, 0.2) is 48.5 Å². The van der Waals surface area contributed by atoms with Crippen molar-refractivity contribution in [2.75, 3.05) is 17.2 Å². The van der Waals surface area contributed by atoms with Crippen LogP contribution in [-0.4, -0.2) is 29.4 Å². The monoisotopic (exact) mass is 366 g/mol. The molecule has 1 unspecified atom stereocenters. The number of benzene rings is 1. The van der Waals surface area contributed by atoms with Crippen molar-refractivity contribution in [3.8, 4) is 5.75 Å². The lowest BCUT2D eigenvalue weighted by molar-refractivity contribution is -0.123. The highest BCUT2D eigenvalue weighted by atomic mass is 16.5. The molecule has 27 heavy (non-hydrogen) atoms. The van der Waals surface area contributed by atoms with Crippen LogP contribution >= 0.6 is 0 Å². The Morgan fingerprint density at radius 3 is 2.78 bits per heavy atom. The lowest BCUT2D eigenvalue weighted by Crippen LogP contribution is -2.46. The number of nitrogen functional groups attached to an aromatic ring is 1. The van der Waals surface area contributed by atoms with Gasteiger partial charge in [-0.3, -0.25) is 19.5 Å². The van der Waals surface area contributed by atoms with E-state index in [0.29, 0.717) is 17.1 Å². The molecule has 1 aromatic heterocycles. The largest absolute Gasteiger partial charge is 0.449 e. The van der Waals surface area contributed by atoms with E-state index in [0.717, 1.165) is 12.0 Å². The van der Waals surface area contributed by atoms with Gasteiger partial charge in [0.05, 0.1) is 5.69 Å². The standard InChI is InChI=1S/C20H22N4O3/c1-3-13(2)23-19(25)12-24-16-11-15(21)4-5-17(16)27-18(20(24)26)10-14-6-8-22-9-7-14/h4-11,13H,3,12,21H2,1-2H3,(H,23,25)/b18-10+. The van der Waals surface area contributed by atoms with E-state index in [1.54, 1.807) is 48.8 Å². The topological polar surface area (TPSA) is 97.5 Å². The maximum absolute atomic E-state index is 13.0. The minimum absolute atomic E-state index is 0.0285. The van der Waals surface area contributed by atoms with E-state index in [2.05, 4.69) is 10.3 Å². The summed E-state index contributed by atoms with van der Waals surface area (Å²) in [5.74, 6) is -0.0318. The molecule has 2 amide bonds. The molecule has 7 nitrogen and oxygen atoms in total. The molecule has 0 bridgehead atoms. The Labute approximate surface area is 157 Å². The third-order valence-corrected chi connectivity index (χ3v) is 4.27. The summed E-state index contributed by atoms with van der Waals surface area (Å²) < 4.78 is 5.78. The maximum atomic E-state index is 13.0. The van der Waals surface area contributed by atoms with E-state index < -0.39 is 5.91 Å². The molecule has 140 valence electrons. The van der Waals surface area contributed by atoms with E-state index in [1.807, 2.05) is 13.8 Å². The molecule has 0 spiro atoms. The summed E-state index contributed by atoms with van der Waals surface area (Å²) in [4.78, 5) is 30.7. The minimum atomic E-state index is -0.399. The average molecular weight is 366 g/mol. The Morgan fingerprint density at radius 1 is 1.33 bits per heavy atom. The fourth-order valence-electron chi connectivity index (χ4n) is 2.66. The number of aromatic nitrogens is 1. The van der Waals surface area contributed by atoms with Crippen molar-refractivity contribution in [2.24, 2.45) is 0 Å².